The number of ether oxygens (including phenoxy) is 1. The van der Waals surface area contributed by atoms with Gasteiger partial charge in [-0.05, 0) is 68.5 Å². The van der Waals surface area contributed by atoms with Crippen LogP contribution in [0.25, 0.3) is 0 Å². The molecule has 0 saturated heterocycles. The molecule has 134 valence electrons. The van der Waals surface area contributed by atoms with Crippen molar-refractivity contribution in [3.63, 3.8) is 0 Å². The van der Waals surface area contributed by atoms with Gasteiger partial charge in [0.25, 0.3) is 0 Å². The van der Waals surface area contributed by atoms with E-state index in [2.05, 4.69) is 55.3 Å². The highest BCUT2D eigenvalue weighted by Crippen LogP contribution is 2.26. The first kappa shape index (κ1) is 18.0. The Morgan fingerprint density at radius 2 is 1.84 bits per heavy atom. The fraction of sp³-hybridized carbons (Fsp3) is 0.455. The van der Waals surface area contributed by atoms with E-state index in [-0.39, 0.29) is 0 Å². The van der Waals surface area contributed by atoms with Crippen molar-refractivity contribution in [2.75, 3.05) is 20.2 Å². The largest absolute Gasteiger partial charge is 0.491 e. The molecule has 0 amide bonds. The molecule has 0 saturated carbocycles. The second kappa shape index (κ2) is 8.50. The molecule has 0 fully saturated rings. The molecule has 1 N–H and O–H groups in total. The quantitative estimate of drug-likeness (QED) is 0.799. The van der Waals surface area contributed by atoms with E-state index < -0.39 is 6.10 Å². The summed E-state index contributed by atoms with van der Waals surface area (Å²) in [4.78, 5) is 2.20. The molecule has 2 aromatic carbocycles. The molecule has 25 heavy (non-hydrogen) atoms. The van der Waals surface area contributed by atoms with Gasteiger partial charge in [0.15, 0.2) is 0 Å². The monoisotopic (exact) mass is 339 g/mol. The SMILES string of the molecule is CC(Cc1ccccc1)N(C)CC(O)COc1ccc2c(c1)CCC2. The number of nitrogens with zero attached hydrogens (tertiary/aromatic N) is 1. The minimum Gasteiger partial charge on any atom is -0.491 e. The third kappa shape index (κ3) is 5.07. The summed E-state index contributed by atoms with van der Waals surface area (Å²) in [5, 5.41) is 10.3. The molecule has 0 heterocycles. The van der Waals surface area contributed by atoms with Crippen LogP contribution < -0.4 is 4.74 Å². The van der Waals surface area contributed by atoms with Gasteiger partial charge in [-0.15, -0.1) is 0 Å². The summed E-state index contributed by atoms with van der Waals surface area (Å²) in [6.07, 6.45) is 4.06. The van der Waals surface area contributed by atoms with E-state index in [0.717, 1.165) is 18.6 Å². The van der Waals surface area contributed by atoms with Crippen LogP contribution in [-0.2, 0) is 19.3 Å². The van der Waals surface area contributed by atoms with Gasteiger partial charge in [0.1, 0.15) is 18.5 Å². The number of hydrogen-bond acceptors (Lipinski definition) is 3. The highest BCUT2D eigenvalue weighted by molar-refractivity contribution is 5.38. The summed E-state index contributed by atoms with van der Waals surface area (Å²) in [5.74, 6) is 0.875. The second-order valence-corrected chi connectivity index (χ2v) is 7.23. The van der Waals surface area contributed by atoms with Crippen molar-refractivity contribution in [2.24, 2.45) is 0 Å². The van der Waals surface area contributed by atoms with Crippen LogP contribution in [0.15, 0.2) is 48.5 Å². The van der Waals surface area contributed by atoms with E-state index in [1.165, 1.54) is 29.5 Å². The zero-order valence-corrected chi connectivity index (χ0v) is 15.3. The molecule has 1 aliphatic rings. The molecule has 2 aromatic rings. The molecular weight excluding hydrogens is 310 g/mol. The average molecular weight is 339 g/mol. The lowest BCUT2D eigenvalue weighted by Gasteiger charge is -2.27. The van der Waals surface area contributed by atoms with Crippen LogP contribution in [0.1, 0.15) is 30.0 Å². The number of rotatable bonds is 8. The van der Waals surface area contributed by atoms with Crippen molar-refractivity contribution in [2.45, 2.75) is 44.8 Å². The van der Waals surface area contributed by atoms with E-state index in [4.69, 9.17) is 4.74 Å². The Bertz CT molecular complexity index is 671. The molecule has 3 rings (SSSR count). The van der Waals surface area contributed by atoms with Gasteiger partial charge in [-0.1, -0.05) is 36.4 Å². The van der Waals surface area contributed by atoms with E-state index in [1.807, 2.05) is 12.1 Å². The van der Waals surface area contributed by atoms with Gasteiger partial charge in [0, 0.05) is 12.6 Å². The second-order valence-electron chi connectivity index (χ2n) is 7.23. The maximum atomic E-state index is 10.3. The van der Waals surface area contributed by atoms with E-state index >= 15 is 0 Å². The molecule has 2 unspecified atom stereocenters. The predicted octanol–water partition coefficient (Wildman–Crippen LogP) is 3.48. The molecule has 3 heteroatoms. The number of hydrogen-bond donors (Lipinski definition) is 1. The summed E-state index contributed by atoms with van der Waals surface area (Å²) < 4.78 is 5.82. The Kier molecular flexibility index (Phi) is 6.11. The molecule has 1 aliphatic carbocycles. The van der Waals surface area contributed by atoms with Crippen LogP contribution >= 0.6 is 0 Å². The molecule has 2 atom stereocenters. The van der Waals surface area contributed by atoms with Crippen molar-refractivity contribution < 1.29 is 9.84 Å². The molecular formula is C22H29NO2. The van der Waals surface area contributed by atoms with Crippen LogP contribution in [0.2, 0.25) is 0 Å². The van der Waals surface area contributed by atoms with Crippen molar-refractivity contribution in [1.29, 1.82) is 0 Å². The third-order valence-corrected chi connectivity index (χ3v) is 5.14. The summed E-state index contributed by atoms with van der Waals surface area (Å²) in [6.45, 7) is 3.14. The van der Waals surface area contributed by atoms with Crippen LogP contribution in [0.4, 0.5) is 0 Å². The molecule has 0 aromatic heterocycles. The standard InChI is InChI=1S/C22H29NO2/c1-17(13-18-7-4-3-5-8-18)23(2)15-21(24)16-25-22-12-11-19-9-6-10-20(19)14-22/h3-5,7-8,11-12,14,17,21,24H,6,9-10,13,15-16H2,1-2H3. The lowest BCUT2D eigenvalue weighted by molar-refractivity contribution is 0.0654. The number of aryl methyl sites for hydroxylation is 2. The summed E-state index contributed by atoms with van der Waals surface area (Å²) >= 11 is 0. The summed E-state index contributed by atoms with van der Waals surface area (Å²) in [6, 6.07) is 17.2. The number of likely N-dealkylation sites (N-methyl/N-ethyl adjacent to an activating group) is 1. The Morgan fingerprint density at radius 1 is 1.08 bits per heavy atom. The maximum absolute atomic E-state index is 10.3. The minimum absolute atomic E-state index is 0.335. The first-order valence-electron chi connectivity index (χ1n) is 9.28. The lowest BCUT2D eigenvalue weighted by atomic mass is 10.1. The van der Waals surface area contributed by atoms with Gasteiger partial charge in [-0.3, -0.25) is 0 Å². The maximum Gasteiger partial charge on any atom is 0.119 e. The number of aliphatic hydroxyl groups is 1. The van der Waals surface area contributed by atoms with Gasteiger partial charge in [-0.2, -0.15) is 0 Å². The highest BCUT2D eigenvalue weighted by atomic mass is 16.5. The predicted molar refractivity (Wildman–Crippen MR) is 102 cm³/mol. The van der Waals surface area contributed by atoms with Crippen LogP contribution in [0, 0.1) is 0 Å². The third-order valence-electron chi connectivity index (χ3n) is 5.14. The molecule has 3 nitrogen and oxygen atoms in total. The highest BCUT2D eigenvalue weighted by Gasteiger charge is 2.16. The molecule has 0 radical (unpaired) electrons. The van der Waals surface area contributed by atoms with Crippen molar-refractivity contribution >= 4 is 0 Å². The van der Waals surface area contributed by atoms with E-state index in [0.29, 0.717) is 19.2 Å². The van der Waals surface area contributed by atoms with Crippen LogP contribution in [-0.4, -0.2) is 42.4 Å². The molecule has 0 bridgehead atoms. The molecule has 0 spiro atoms. The number of fused-ring (bicyclic) bond motifs is 1. The van der Waals surface area contributed by atoms with E-state index in [1.54, 1.807) is 0 Å². The van der Waals surface area contributed by atoms with Crippen LogP contribution in [0.5, 0.6) is 5.75 Å². The smallest absolute Gasteiger partial charge is 0.119 e. The Hall–Kier alpha value is -1.84. The fourth-order valence-corrected chi connectivity index (χ4v) is 3.51. The zero-order chi connectivity index (χ0) is 17.6. The van der Waals surface area contributed by atoms with Gasteiger partial charge < -0.3 is 14.7 Å². The zero-order valence-electron chi connectivity index (χ0n) is 15.3. The van der Waals surface area contributed by atoms with Crippen molar-refractivity contribution in [1.82, 2.24) is 4.90 Å². The van der Waals surface area contributed by atoms with Gasteiger partial charge in [0.05, 0.1) is 0 Å². The van der Waals surface area contributed by atoms with Crippen molar-refractivity contribution in [3.05, 3.63) is 65.2 Å². The molecule has 0 aliphatic heterocycles. The average Bonchev–Trinajstić information content (AvgIpc) is 3.08. The van der Waals surface area contributed by atoms with Crippen molar-refractivity contribution in [3.8, 4) is 5.75 Å². The van der Waals surface area contributed by atoms with Gasteiger partial charge >= 0.3 is 0 Å². The van der Waals surface area contributed by atoms with Crippen LogP contribution in [0.3, 0.4) is 0 Å². The first-order valence-corrected chi connectivity index (χ1v) is 9.28. The minimum atomic E-state index is -0.489. The Labute approximate surface area is 151 Å². The van der Waals surface area contributed by atoms with E-state index in [9.17, 15) is 5.11 Å². The summed E-state index contributed by atoms with van der Waals surface area (Å²) in [7, 11) is 2.06. The van der Waals surface area contributed by atoms with Gasteiger partial charge in [0.2, 0.25) is 0 Å². The number of aliphatic hydroxyl groups excluding tert-OH is 1. The first-order chi connectivity index (χ1) is 12.1. The Morgan fingerprint density at radius 3 is 2.64 bits per heavy atom. The topological polar surface area (TPSA) is 32.7 Å². The normalized spacial score (nSPS) is 15.8. The Balaban J connectivity index is 1.44. The number of benzene rings is 2. The fourth-order valence-electron chi connectivity index (χ4n) is 3.51. The summed E-state index contributed by atoms with van der Waals surface area (Å²) in [5.41, 5.74) is 4.17. The lowest BCUT2D eigenvalue weighted by Crippen LogP contribution is -2.39. The van der Waals surface area contributed by atoms with Gasteiger partial charge in [-0.25, -0.2) is 0 Å².